The number of amides is 1. The van der Waals surface area contributed by atoms with E-state index >= 15 is 0 Å². The highest BCUT2D eigenvalue weighted by Gasteiger charge is 2.26. The summed E-state index contributed by atoms with van der Waals surface area (Å²) in [4.78, 5) is 22.4. The summed E-state index contributed by atoms with van der Waals surface area (Å²) in [7, 11) is 0. The molecule has 0 atom stereocenters. The maximum Gasteiger partial charge on any atom is 0.306 e. The van der Waals surface area contributed by atoms with Crippen LogP contribution in [-0.2, 0) is 9.59 Å². The molecule has 0 aliphatic heterocycles. The van der Waals surface area contributed by atoms with Gasteiger partial charge < -0.3 is 10.4 Å². The molecule has 1 amide bonds. The van der Waals surface area contributed by atoms with Crippen LogP contribution in [0.2, 0.25) is 0 Å². The van der Waals surface area contributed by atoms with Gasteiger partial charge in [0.2, 0.25) is 5.91 Å². The minimum absolute atomic E-state index is 0.109. The smallest absolute Gasteiger partial charge is 0.306 e. The van der Waals surface area contributed by atoms with Crippen LogP contribution in [0, 0.1) is 11.8 Å². The average molecular weight is 241 g/mol. The van der Waals surface area contributed by atoms with Gasteiger partial charge in [-0.3, -0.25) is 9.59 Å². The zero-order valence-electron chi connectivity index (χ0n) is 10.7. The highest BCUT2D eigenvalue weighted by Crippen LogP contribution is 2.24. The van der Waals surface area contributed by atoms with Gasteiger partial charge in [0.05, 0.1) is 5.92 Å². The van der Waals surface area contributed by atoms with Gasteiger partial charge in [0.15, 0.2) is 0 Å². The lowest BCUT2D eigenvalue weighted by molar-refractivity contribution is -0.142. The van der Waals surface area contributed by atoms with Gasteiger partial charge >= 0.3 is 5.97 Å². The van der Waals surface area contributed by atoms with Crippen molar-refractivity contribution in [2.24, 2.45) is 11.8 Å². The third-order valence-corrected chi connectivity index (χ3v) is 3.39. The van der Waals surface area contributed by atoms with Crippen LogP contribution in [0.5, 0.6) is 0 Å². The molecule has 1 fully saturated rings. The Hall–Kier alpha value is -1.06. The van der Waals surface area contributed by atoms with Crippen LogP contribution in [-0.4, -0.2) is 23.0 Å². The second kappa shape index (κ2) is 6.62. The van der Waals surface area contributed by atoms with Crippen LogP contribution in [0.25, 0.3) is 0 Å². The van der Waals surface area contributed by atoms with Gasteiger partial charge in [-0.2, -0.15) is 0 Å². The van der Waals surface area contributed by atoms with Gasteiger partial charge in [0, 0.05) is 12.5 Å². The van der Waals surface area contributed by atoms with E-state index in [0.717, 1.165) is 19.3 Å². The fourth-order valence-corrected chi connectivity index (χ4v) is 2.20. The first-order chi connectivity index (χ1) is 7.99. The van der Waals surface area contributed by atoms with Gasteiger partial charge in [-0.15, -0.1) is 0 Å². The first-order valence-electron chi connectivity index (χ1n) is 6.51. The van der Waals surface area contributed by atoms with Crippen LogP contribution >= 0.6 is 0 Å². The zero-order chi connectivity index (χ0) is 12.8. The summed E-state index contributed by atoms with van der Waals surface area (Å²) in [6.07, 6.45) is 4.45. The number of carboxylic acids is 1. The highest BCUT2D eigenvalue weighted by molar-refractivity contribution is 5.76. The molecular formula is C13H23NO3. The van der Waals surface area contributed by atoms with Crippen molar-refractivity contribution < 1.29 is 14.7 Å². The standard InChI is InChI=1S/C13H23NO3/c1-9(2)3-8-12(15)14-11-6-4-10(5-7-11)13(16)17/h9-11H,3-8H2,1-2H3,(H,14,15)(H,16,17). The van der Waals surface area contributed by atoms with E-state index in [1.165, 1.54) is 0 Å². The van der Waals surface area contributed by atoms with Crippen molar-refractivity contribution in [2.75, 3.05) is 0 Å². The summed E-state index contributed by atoms with van der Waals surface area (Å²) >= 11 is 0. The third kappa shape index (κ3) is 5.20. The molecule has 1 saturated carbocycles. The van der Waals surface area contributed by atoms with Gasteiger partial charge in [-0.25, -0.2) is 0 Å². The van der Waals surface area contributed by atoms with E-state index in [2.05, 4.69) is 19.2 Å². The Labute approximate surface area is 103 Å². The monoisotopic (exact) mass is 241 g/mol. The van der Waals surface area contributed by atoms with Gasteiger partial charge in [0.25, 0.3) is 0 Å². The van der Waals surface area contributed by atoms with Crippen LogP contribution in [0.1, 0.15) is 52.4 Å². The summed E-state index contributed by atoms with van der Waals surface area (Å²) in [6.45, 7) is 4.21. The minimum Gasteiger partial charge on any atom is -0.481 e. The molecule has 0 bridgehead atoms. The molecule has 0 radical (unpaired) electrons. The summed E-state index contributed by atoms with van der Waals surface area (Å²) < 4.78 is 0. The molecule has 1 aliphatic rings. The Morgan fingerprint density at radius 3 is 2.29 bits per heavy atom. The number of aliphatic carboxylic acids is 1. The predicted molar refractivity (Wildman–Crippen MR) is 65.6 cm³/mol. The minimum atomic E-state index is -0.699. The largest absolute Gasteiger partial charge is 0.481 e. The number of rotatable bonds is 5. The molecule has 0 aromatic carbocycles. The van der Waals surface area contributed by atoms with Crippen LogP contribution in [0.3, 0.4) is 0 Å². The lowest BCUT2D eigenvalue weighted by Crippen LogP contribution is -2.38. The highest BCUT2D eigenvalue weighted by atomic mass is 16.4. The maximum absolute atomic E-state index is 11.6. The van der Waals surface area contributed by atoms with Gasteiger partial charge in [-0.1, -0.05) is 13.8 Å². The Morgan fingerprint density at radius 1 is 1.24 bits per heavy atom. The van der Waals surface area contributed by atoms with E-state index in [1.54, 1.807) is 0 Å². The number of hydrogen-bond donors (Lipinski definition) is 2. The Balaban J connectivity index is 2.21. The first kappa shape index (κ1) is 14.0. The van der Waals surface area contributed by atoms with E-state index in [4.69, 9.17) is 5.11 Å². The maximum atomic E-state index is 11.6. The first-order valence-corrected chi connectivity index (χ1v) is 6.51. The average Bonchev–Trinajstić information content (AvgIpc) is 2.27. The molecule has 0 spiro atoms. The zero-order valence-corrected chi connectivity index (χ0v) is 10.7. The summed E-state index contributed by atoms with van der Waals surface area (Å²) in [5, 5.41) is 11.9. The fraction of sp³-hybridized carbons (Fsp3) is 0.846. The Kier molecular flexibility index (Phi) is 5.45. The Morgan fingerprint density at radius 2 is 1.82 bits per heavy atom. The molecule has 4 heteroatoms. The fourth-order valence-electron chi connectivity index (χ4n) is 2.20. The number of hydrogen-bond acceptors (Lipinski definition) is 2. The molecule has 0 heterocycles. The van der Waals surface area contributed by atoms with E-state index in [1.807, 2.05) is 0 Å². The molecule has 4 nitrogen and oxygen atoms in total. The van der Waals surface area contributed by atoms with Crippen molar-refractivity contribution in [3.05, 3.63) is 0 Å². The third-order valence-electron chi connectivity index (χ3n) is 3.39. The van der Waals surface area contributed by atoms with E-state index < -0.39 is 5.97 Å². The van der Waals surface area contributed by atoms with Crippen molar-refractivity contribution in [1.82, 2.24) is 5.32 Å². The van der Waals surface area contributed by atoms with Crippen molar-refractivity contribution in [2.45, 2.75) is 58.4 Å². The van der Waals surface area contributed by atoms with E-state index in [-0.39, 0.29) is 17.9 Å². The van der Waals surface area contributed by atoms with Crippen molar-refractivity contribution in [3.8, 4) is 0 Å². The number of carboxylic acid groups (broad SMARTS) is 1. The number of carbonyl (C=O) groups excluding carboxylic acids is 1. The lowest BCUT2D eigenvalue weighted by atomic mass is 9.86. The molecule has 98 valence electrons. The summed E-state index contributed by atoms with van der Waals surface area (Å²) in [5.41, 5.74) is 0. The topological polar surface area (TPSA) is 66.4 Å². The van der Waals surface area contributed by atoms with Crippen LogP contribution in [0.4, 0.5) is 0 Å². The van der Waals surface area contributed by atoms with Gasteiger partial charge in [-0.05, 0) is 38.0 Å². The molecule has 2 N–H and O–H groups in total. The molecule has 0 aromatic rings. The number of nitrogens with one attached hydrogen (secondary N) is 1. The normalized spacial score (nSPS) is 24.6. The summed E-state index contributed by atoms with van der Waals surface area (Å²) in [6, 6.07) is 0.185. The second-order valence-electron chi connectivity index (χ2n) is 5.39. The lowest BCUT2D eigenvalue weighted by Gasteiger charge is -2.26. The van der Waals surface area contributed by atoms with Crippen molar-refractivity contribution in [3.63, 3.8) is 0 Å². The summed E-state index contributed by atoms with van der Waals surface area (Å²) in [5.74, 6) is -0.255. The molecule has 0 unspecified atom stereocenters. The molecule has 17 heavy (non-hydrogen) atoms. The van der Waals surface area contributed by atoms with Crippen molar-refractivity contribution in [1.29, 1.82) is 0 Å². The van der Waals surface area contributed by atoms with Gasteiger partial charge in [0.1, 0.15) is 0 Å². The van der Waals surface area contributed by atoms with Crippen LogP contribution in [0.15, 0.2) is 0 Å². The predicted octanol–water partition coefficient (Wildman–Crippen LogP) is 2.18. The van der Waals surface area contributed by atoms with Crippen molar-refractivity contribution >= 4 is 11.9 Å². The van der Waals surface area contributed by atoms with E-state index in [0.29, 0.717) is 25.2 Å². The molecule has 1 aliphatic carbocycles. The molecule has 1 rings (SSSR count). The van der Waals surface area contributed by atoms with Crippen LogP contribution < -0.4 is 5.32 Å². The molecule has 0 saturated heterocycles. The quantitative estimate of drug-likeness (QED) is 0.775. The molecule has 0 aromatic heterocycles. The molecular weight excluding hydrogens is 218 g/mol. The van der Waals surface area contributed by atoms with E-state index in [9.17, 15) is 9.59 Å². The SMILES string of the molecule is CC(C)CCC(=O)NC1CCC(C(=O)O)CC1. The number of carbonyl (C=O) groups is 2. The Bertz CT molecular complexity index is 268. The second-order valence-corrected chi connectivity index (χ2v) is 5.39.